The second-order valence-electron chi connectivity index (χ2n) is 5.25. The molecule has 4 heteroatoms. The molecule has 3 nitrogen and oxygen atoms in total. The van der Waals surface area contributed by atoms with Gasteiger partial charge in [-0.2, -0.15) is 0 Å². The van der Waals surface area contributed by atoms with E-state index in [2.05, 4.69) is 24.4 Å². The highest BCUT2D eigenvalue weighted by atomic mass is 35.5. The van der Waals surface area contributed by atoms with Crippen LogP contribution in [0.3, 0.4) is 0 Å². The van der Waals surface area contributed by atoms with E-state index < -0.39 is 0 Å². The van der Waals surface area contributed by atoms with Crippen LogP contribution >= 0.6 is 11.6 Å². The van der Waals surface area contributed by atoms with Crippen molar-refractivity contribution in [3.05, 3.63) is 64.7 Å². The van der Waals surface area contributed by atoms with E-state index in [1.165, 1.54) is 5.56 Å². The number of ether oxygens (including phenoxy) is 1. The van der Waals surface area contributed by atoms with Gasteiger partial charge in [0.15, 0.2) is 0 Å². The molecule has 0 spiro atoms. The van der Waals surface area contributed by atoms with Gasteiger partial charge in [0, 0.05) is 17.1 Å². The summed E-state index contributed by atoms with van der Waals surface area (Å²) in [6.45, 7) is 2.70. The Morgan fingerprint density at radius 2 is 1.95 bits per heavy atom. The Morgan fingerprint density at radius 1 is 1.23 bits per heavy atom. The number of rotatable bonds is 6. The molecule has 22 heavy (non-hydrogen) atoms. The summed E-state index contributed by atoms with van der Waals surface area (Å²) in [5.41, 5.74) is 2.00. The molecule has 2 aromatic rings. The normalized spacial score (nSPS) is 11.8. The first-order chi connectivity index (χ1) is 10.6. The molecule has 0 unspecified atom stereocenters. The SMILES string of the molecule is COc1ccc(Cl)cc1CC(=O)NC[C@H](C)c1ccccc1. The van der Waals surface area contributed by atoms with Gasteiger partial charge in [0.1, 0.15) is 5.75 Å². The van der Waals surface area contributed by atoms with Crippen molar-refractivity contribution in [2.75, 3.05) is 13.7 Å². The number of methoxy groups -OCH3 is 1. The zero-order valence-electron chi connectivity index (χ0n) is 12.8. The van der Waals surface area contributed by atoms with E-state index >= 15 is 0 Å². The number of halogens is 1. The molecule has 0 aliphatic heterocycles. The second-order valence-corrected chi connectivity index (χ2v) is 5.69. The summed E-state index contributed by atoms with van der Waals surface area (Å²) in [6.07, 6.45) is 0.255. The minimum absolute atomic E-state index is 0.0386. The molecular weight excluding hydrogens is 298 g/mol. The maximum atomic E-state index is 12.1. The number of hydrogen-bond donors (Lipinski definition) is 1. The van der Waals surface area contributed by atoms with Crippen LogP contribution in [0.4, 0.5) is 0 Å². The summed E-state index contributed by atoms with van der Waals surface area (Å²) in [6, 6.07) is 15.4. The van der Waals surface area contributed by atoms with Crippen molar-refractivity contribution in [1.29, 1.82) is 0 Å². The van der Waals surface area contributed by atoms with Crippen LogP contribution in [-0.2, 0) is 11.2 Å². The number of nitrogens with one attached hydrogen (secondary N) is 1. The smallest absolute Gasteiger partial charge is 0.224 e. The molecule has 0 aromatic heterocycles. The van der Waals surface area contributed by atoms with E-state index in [1.807, 2.05) is 18.2 Å². The molecular formula is C18H20ClNO2. The topological polar surface area (TPSA) is 38.3 Å². The Hall–Kier alpha value is -2.00. The molecule has 1 amide bonds. The third-order valence-corrected chi connectivity index (χ3v) is 3.80. The highest BCUT2D eigenvalue weighted by Crippen LogP contribution is 2.23. The van der Waals surface area contributed by atoms with Gasteiger partial charge < -0.3 is 10.1 Å². The van der Waals surface area contributed by atoms with Crippen molar-refractivity contribution in [3.63, 3.8) is 0 Å². The minimum atomic E-state index is -0.0386. The second kappa shape index (κ2) is 7.85. The quantitative estimate of drug-likeness (QED) is 0.879. The van der Waals surface area contributed by atoms with Crippen LogP contribution in [0.15, 0.2) is 48.5 Å². The van der Waals surface area contributed by atoms with Crippen LogP contribution < -0.4 is 10.1 Å². The molecule has 0 radical (unpaired) electrons. The molecule has 0 bridgehead atoms. The predicted molar refractivity (Wildman–Crippen MR) is 89.6 cm³/mol. The summed E-state index contributed by atoms with van der Waals surface area (Å²) in [4.78, 5) is 12.1. The summed E-state index contributed by atoms with van der Waals surface area (Å²) in [7, 11) is 1.59. The van der Waals surface area contributed by atoms with Crippen molar-refractivity contribution < 1.29 is 9.53 Å². The standard InChI is InChI=1S/C18H20ClNO2/c1-13(14-6-4-3-5-7-14)12-20-18(21)11-15-10-16(19)8-9-17(15)22-2/h3-10,13H,11-12H2,1-2H3,(H,20,21)/t13-/m0/s1. The zero-order valence-corrected chi connectivity index (χ0v) is 13.6. The van der Waals surface area contributed by atoms with Crippen LogP contribution in [0.2, 0.25) is 5.02 Å². The Balaban J connectivity index is 1.92. The van der Waals surface area contributed by atoms with Gasteiger partial charge >= 0.3 is 0 Å². The van der Waals surface area contributed by atoms with Gasteiger partial charge in [-0.25, -0.2) is 0 Å². The molecule has 0 fully saturated rings. The first-order valence-electron chi connectivity index (χ1n) is 7.24. The lowest BCUT2D eigenvalue weighted by Crippen LogP contribution is -2.29. The van der Waals surface area contributed by atoms with Crippen LogP contribution in [0, 0.1) is 0 Å². The fraction of sp³-hybridized carbons (Fsp3) is 0.278. The number of amides is 1. The van der Waals surface area contributed by atoms with Crippen LogP contribution in [0.25, 0.3) is 0 Å². The molecule has 2 rings (SSSR count). The first-order valence-corrected chi connectivity index (χ1v) is 7.62. The lowest BCUT2D eigenvalue weighted by molar-refractivity contribution is -0.120. The maximum Gasteiger partial charge on any atom is 0.224 e. The average Bonchev–Trinajstić information content (AvgIpc) is 2.53. The van der Waals surface area contributed by atoms with Crippen LogP contribution in [0.1, 0.15) is 24.0 Å². The van der Waals surface area contributed by atoms with E-state index in [0.29, 0.717) is 17.3 Å². The third kappa shape index (κ3) is 4.50. The lowest BCUT2D eigenvalue weighted by Gasteiger charge is -2.14. The molecule has 2 aromatic carbocycles. The van der Waals surface area contributed by atoms with Crippen molar-refractivity contribution >= 4 is 17.5 Å². The highest BCUT2D eigenvalue weighted by Gasteiger charge is 2.11. The fourth-order valence-electron chi connectivity index (χ4n) is 2.29. The molecule has 116 valence electrons. The van der Waals surface area contributed by atoms with Gasteiger partial charge in [0.25, 0.3) is 0 Å². The van der Waals surface area contributed by atoms with E-state index in [1.54, 1.807) is 25.3 Å². The lowest BCUT2D eigenvalue weighted by atomic mass is 10.0. The van der Waals surface area contributed by atoms with Crippen LogP contribution in [-0.4, -0.2) is 19.6 Å². The summed E-state index contributed by atoms with van der Waals surface area (Å²) in [5.74, 6) is 0.908. The summed E-state index contributed by atoms with van der Waals surface area (Å²) >= 11 is 5.98. The Morgan fingerprint density at radius 3 is 2.64 bits per heavy atom. The Labute approximate surface area is 136 Å². The van der Waals surface area contributed by atoms with E-state index in [-0.39, 0.29) is 18.2 Å². The van der Waals surface area contributed by atoms with Crippen molar-refractivity contribution in [3.8, 4) is 5.75 Å². The Bertz CT molecular complexity index is 628. The predicted octanol–water partition coefficient (Wildman–Crippen LogP) is 3.81. The van der Waals surface area contributed by atoms with Gasteiger partial charge in [-0.3, -0.25) is 4.79 Å². The number of benzene rings is 2. The number of hydrogen-bond acceptors (Lipinski definition) is 2. The van der Waals surface area contributed by atoms with Crippen molar-refractivity contribution in [2.24, 2.45) is 0 Å². The van der Waals surface area contributed by atoms with E-state index in [0.717, 1.165) is 5.56 Å². The van der Waals surface area contributed by atoms with Gasteiger partial charge in [0.2, 0.25) is 5.91 Å². The van der Waals surface area contributed by atoms with E-state index in [4.69, 9.17) is 16.3 Å². The molecule has 0 saturated carbocycles. The molecule has 0 heterocycles. The third-order valence-electron chi connectivity index (χ3n) is 3.57. The Kier molecular flexibility index (Phi) is 5.84. The first kappa shape index (κ1) is 16.4. The van der Waals surface area contributed by atoms with Gasteiger partial charge in [-0.05, 0) is 29.7 Å². The number of carbonyl (C=O) groups is 1. The van der Waals surface area contributed by atoms with Gasteiger partial charge in [-0.15, -0.1) is 0 Å². The van der Waals surface area contributed by atoms with Gasteiger partial charge in [0.05, 0.1) is 13.5 Å². The van der Waals surface area contributed by atoms with Crippen molar-refractivity contribution in [2.45, 2.75) is 19.3 Å². The minimum Gasteiger partial charge on any atom is -0.496 e. The van der Waals surface area contributed by atoms with Crippen LogP contribution in [0.5, 0.6) is 5.75 Å². The monoisotopic (exact) mass is 317 g/mol. The van der Waals surface area contributed by atoms with Crippen molar-refractivity contribution in [1.82, 2.24) is 5.32 Å². The fourth-order valence-corrected chi connectivity index (χ4v) is 2.48. The molecule has 1 N–H and O–H groups in total. The molecule has 0 saturated heterocycles. The molecule has 0 aliphatic rings. The largest absolute Gasteiger partial charge is 0.496 e. The highest BCUT2D eigenvalue weighted by molar-refractivity contribution is 6.30. The maximum absolute atomic E-state index is 12.1. The number of carbonyl (C=O) groups excluding carboxylic acids is 1. The zero-order chi connectivity index (χ0) is 15.9. The molecule has 0 aliphatic carbocycles. The van der Waals surface area contributed by atoms with Gasteiger partial charge in [-0.1, -0.05) is 48.9 Å². The van der Waals surface area contributed by atoms with E-state index in [9.17, 15) is 4.79 Å². The summed E-state index contributed by atoms with van der Waals surface area (Å²) in [5, 5.41) is 3.56. The average molecular weight is 318 g/mol. The summed E-state index contributed by atoms with van der Waals surface area (Å²) < 4.78 is 5.26. The molecule has 1 atom stereocenters.